The van der Waals surface area contributed by atoms with E-state index in [1.165, 1.54) is 12.8 Å². The normalized spacial score (nSPS) is 26.9. The first-order chi connectivity index (χ1) is 10.4. The summed E-state index contributed by atoms with van der Waals surface area (Å²) in [5.74, 6) is 0. The summed E-state index contributed by atoms with van der Waals surface area (Å²) in [5, 5.41) is 3.78. The highest BCUT2D eigenvalue weighted by atomic mass is 31.2. The van der Waals surface area contributed by atoms with E-state index in [2.05, 4.69) is 89.1 Å². The van der Waals surface area contributed by atoms with Crippen molar-refractivity contribution >= 4 is 14.9 Å². The van der Waals surface area contributed by atoms with Crippen molar-refractivity contribution in [3.05, 3.63) is 0 Å². The van der Waals surface area contributed by atoms with Crippen LogP contribution in [0.15, 0.2) is 9.26 Å². The van der Waals surface area contributed by atoms with Crippen molar-refractivity contribution in [1.29, 1.82) is 0 Å². The molecule has 0 spiro atoms. The van der Waals surface area contributed by atoms with Crippen LogP contribution in [0.25, 0.3) is 0 Å². The van der Waals surface area contributed by atoms with E-state index in [0.29, 0.717) is 5.66 Å². The maximum atomic E-state index is 5.59. The Morgan fingerprint density at radius 2 is 1.48 bits per heavy atom. The standard InChI is InChI=1S/C15H38N6P2/c1-14-12-11-13-16-22(14,17-15(2,3)4)18-23(19(5)6,20(7)8)21(9)10/h14,16H,11-13H2,1-10H3. The number of rotatable bonds is 4. The monoisotopic (exact) mass is 364 g/mol. The predicted octanol–water partition coefficient (Wildman–Crippen LogP) is 4.22. The smallest absolute Gasteiger partial charge is 0.172 e. The van der Waals surface area contributed by atoms with Crippen molar-refractivity contribution in [1.82, 2.24) is 19.1 Å². The lowest BCUT2D eigenvalue weighted by Crippen LogP contribution is -2.33. The van der Waals surface area contributed by atoms with Gasteiger partial charge >= 0.3 is 0 Å². The molecule has 1 aliphatic heterocycles. The first kappa shape index (κ1) is 21.3. The second-order valence-electron chi connectivity index (χ2n) is 7.99. The summed E-state index contributed by atoms with van der Waals surface area (Å²) in [6.45, 7) is 9.92. The Labute approximate surface area is 144 Å². The predicted molar refractivity (Wildman–Crippen MR) is 106 cm³/mol. The van der Waals surface area contributed by atoms with E-state index < -0.39 is 14.9 Å². The van der Waals surface area contributed by atoms with Gasteiger partial charge < -0.3 is 0 Å². The lowest BCUT2D eigenvalue weighted by molar-refractivity contribution is 0.474. The molecule has 1 saturated heterocycles. The second-order valence-corrected chi connectivity index (χ2v) is 14.9. The van der Waals surface area contributed by atoms with Gasteiger partial charge in [0.15, 0.2) is 7.51 Å². The van der Waals surface area contributed by atoms with Crippen molar-refractivity contribution in [2.45, 2.75) is 51.7 Å². The van der Waals surface area contributed by atoms with Gasteiger partial charge in [0, 0.05) is 12.2 Å². The molecule has 0 saturated carbocycles. The molecule has 0 aromatic heterocycles. The summed E-state index contributed by atoms with van der Waals surface area (Å²) in [6.07, 6.45) is 2.42. The van der Waals surface area contributed by atoms with Crippen LogP contribution in [0.4, 0.5) is 0 Å². The molecule has 1 N–H and O–H groups in total. The summed E-state index contributed by atoms with van der Waals surface area (Å²) in [4.78, 5) is 0. The summed E-state index contributed by atoms with van der Waals surface area (Å²) < 4.78 is 17.7. The first-order valence-electron chi connectivity index (χ1n) is 8.43. The number of hydrogen-bond acceptors (Lipinski definition) is 1. The summed E-state index contributed by atoms with van der Waals surface area (Å²) in [5.41, 5.74) is 0.408. The van der Waals surface area contributed by atoms with Crippen LogP contribution in [-0.2, 0) is 0 Å². The van der Waals surface area contributed by atoms with E-state index in [4.69, 9.17) is 9.26 Å². The van der Waals surface area contributed by atoms with Crippen molar-refractivity contribution < 1.29 is 0 Å². The minimum atomic E-state index is -1.96. The van der Waals surface area contributed by atoms with Crippen LogP contribution in [0.2, 0.25) is 0 Å². The van der Waals surface area contributed by atoms with Gasteiger partial charge in [0.05, 0.1) is 5.54 Å². The molecule has 1 rings (SSSR count). The lowest BCUT2D eigenvalue weighted by atomic mass is 10.1. The molecule has 0 amide bonds. The SMILES string of the molecule is CC1CCCNP1(=NC(C)(C)C)N=P(N(C)C)(N(C)C)N(C)C. The fraction of sp³-hybridized carbons (Fsp3) is 1.00. The molecule has 1 aliphatic rings. The zero-order valence-corrected chi connectivity index (χ0v) is 18.6. The molecule has 0 aliphatic carbocycles. The number of hydrogen-bond donors (Lipinski definition) is 1. The van der Waals surface area contributed by atoms with Crippen LogP contribution in [0.1, 0.15) is 40.5 Å². The van der Waals surface area contributed by atoms with Crippen LogP contribution in [-0.4, -0.2) is 74.0 Å². The van der Waals surface area contributed by atoms with E-state index in [1.807, 2.05) is 0 Å². The van der Waals surface area contributed by atoms with Crippen molar-refractivity contribution in [3.8, 4) is 0 Å². The van der Waals surface area contributed by atoms with E-state index in [9.17, 15) is 0 Å². The Balaban J connectivity index is 3.75. The van der Waals surface area contributed by atoms with Crippen LogP contribution in [0.3, 0.4) is 0 Å². The van der Waals surface area contributed by atoms with Gasteiger partial charge in [-0.1, -0.05) is 6.92 Å². The van der Waals surface area contributed by atoms with Gasteiger partial charge in [0.2, 0.25) is 0 Å². The Bertz CT molecular complexity index is 476. The fourth-order valence-corrected chi connectivity index (χ4v) is 12.4. The zero-order chi connectivity index (χ0) is 18.1. The van der Waals surface area contributed by atoms with Gasteiger partial charge in [0.25, 0.3) is 0 Å². The zero-order valence-electron chi connectivity index (χ0n) is 16.8. The largest absolute Gasteiger partial charge is 0.266 e. The number of nitrogens with zero attached hydrogens (tertiary/aromatic N) is 5. The van der Waals surface area contributed by atoms with Crippen LogP contribution in [0.5, 0.6) is 0 Å². The molecule has 2 unspecified atom stereocenters. The second kappa shape index (κ2) is 7.68. The Hall–Kier alpha value is 0.300. The molecule has 2 atom stereocenters. The number of nitrogens with one attached hydrogen (secondary N) is 1. The maximum Gasteiger partial charge on any atom is 0.172 e. The highest BCUT2D eigenvalue weighted by molar-refractivity contribution is 7.73. The highest BCUT2D eigenvalue weighted by Crippen LogP contribution is 2.68. The third kappa shape index (κ3) is 4.68. The van der Waals surface area contributed by atoms with Crippen molar-refractivity contribution in [2.75, 3.05) is 48.8 Å². The average Bonchev–Trinajstić information content (AvgIpc) is 2.36. The highest BCUT2D eigenvalue weighted by Gasteiger charge is 2.38. The summed E-state index contributed by atoms with van der Waals surface area (Å²) >= 11 is 0. The molecule has 0 radical (unpaired) electrons. The minimum absolute atomic E-state index is 0.0868. The lowest BCUT2D eigenvalue weighted by Gasteiger charge is -2.45. The van der Waals surface area contributed by atoms with Crippen molar-refractivity contribution in [2.24, 2.45) is 9.26 Å². The van der Waals surface area contributed by atoms with E-state index in [1.54, 1.807) is 0 Å². The summed E-state index contributed by atoms with van der Waals surface area (Å²) in [7, 11) is 8.92. The van der Waals surface area contributed by atoms with E-state index in [0.717, 1.165) is 6.54 Å². The van der Waals surface area contributed by atoms with Crippen LogP contribution in [0, 0.1) is 0 Å². The van der Waals surface area contributed by atoms with E-state index >= 15 is 0 Å². The van der Waals surface area contributed by atoms with Gasteiger partial charge in [-0.15, -0.1) is 0 Å². The molecule has 23 heavy (non-hydrogen) atoms. The molecule has 8 heteroatoms. The molecular weight excluding hydrogens is 326 g/mol. The van der Waals surface area contributed by atoms with Gasteiger partial charge in [-0.25, -0.2) is 4.52 Å². The van der Waals surface area contributed by atoms with Gasteiger partial charge in [-0.3, -0.25) is 23.8 Å². The Morgan fingerprint density at radius 1 is 1.00 bits per heavy atom. The Kier molecular flexibility index (Phi) is 7.12. The molecule has 1 heterocycles. The van der Waals surface area contributed by atoms with Gasteiger partial charge in [-0.05, 0) is 75.9 Å². The molecular formula is C15H38N6P2. The van der Waals surface area contributed by atoms with Crippen LogP contribution >= 0.6 is 14.9 Å². The first-order valence-corrected chi connectivity index (χ1v) is 11.8. The molecule has 0 aromatic rings. The van der Waals surface area contributed by atoms with Gasteiger partial charge in [0.1, 0.15) is 7.36 Å². The maximum absolute atomic E-state index is 5.59. The average molecular weight is 364 g/mol. The quantitative estimate of drug-likeness (QED) is 0.759. The molecule has 6 nitrogen and oxygen atoms in total. The fourth-order valence-electron chi connectivity index (χ4n) is 3.20. The Morgan fingerprint density at radius 3 is 1.83 bits per heavy atom. The molecule has 0 aromatic carbocycles. The molecule has 1 fully saturated rings. The third-order valence-electron chi connectivity index (χ3n) is 4.08. The summed E-state index contributed by atoms with van der Waals surface area (Å²) in [6, 6.07) is 0. The minimum Gasteiger partial charge on any atom is -0.266 e. The van der Waals surface area contributed by atoms with E-state index in [-0.39, 0.29) is 5.54 Å². The topological polar surface area (TPSA) is 46.5 Å². The molecule has 0 bridgehead atoms. The van der Waals surface area contributed by atoms with Crippen molar-refractivity contribution in [3.63, 3.8) is 0 Å². The van der Waals surface area contributed by atoms with Crippen LogP contribution < -0.4 is 5.09 Å². The van der Waals surface area contributed by atoms with Gasteiger partial charge in [-0.2, -0.15) is 0 Å². The molecule has 138 valence electrons. The third-order valence-corrected chi connectivity index (χ3v) is 12.4.